The fraction of sp³-hybridized carbons (Fsp3) is 0.643. The SMILES string of the molecule is C=CC(C)(CNCC(C)C)Cc1nc(C)cs1. The molecule has 0 radical (unpaired) electrons. The highest BCUT2D eigenvalue weighted by molar-refractivity contribution is 7.09. The molecule has 0 amide bonds. The highest BCUT2D eigenvalue weighted by atomic mass is 32.1. The van der Waals surface area contributed by atoms with Crippen LogP contribution in [0.1, 0.15) is 31.5 Å². The fourth-order valence-electron chi connectivity index (χ4n) is 1.68. The molecular weight excluding hydrogens is 228 g/mol. The van der Waals surface area contributed by atoms with E-state index in [1.807, 2.05) is 6.92 Å². The molecule has 1 rings (SSSR count). The Morgan fingerprint density at radius 3 is 2.76 bits per heavy atom. The van der Waals surface area contributed by atoms with E-state index in [-0.39, 0.29) is 5.41 Å². The average Bonchev–Trinajstić information content (AvgIpc) is 2.63. The molecule has 1 unspecified atom stereocenters. The summed E-state index contributed by atoms with van der Waals surface area (Å²) in [6.45, 7) is 14.7. The van der Waals surface area contributed by atoms with Crippen LogP contribution in [0.3, 0.4) is 0 Å². The summed E-state index contributed by atoms with van der Waals surface area (Å²) in [6, 6.07) is 0. The molecule has 96 valence electrons. The van der Waals surface area contributed by atoms with Crippen LogP contribution in [0.4, 0.5) is 0 Å². The van der Waals surface area contributed by atoms with E-state index >= 15 is 0 Å². The van der Waals surface area contributed by atoms with Crippen LogP contribution in [0.2, 0.25) is 0 Å². The van der Waals surface area contributed by atoms with Gasteiger partial charge in [0.1, 0.15) is 0 Å². The van der Waals surface area contributed by atoms with Crippen molar-refractivity contribution in [2.45, 2.75) is 34.1 Å². The minimum Gasteiger partial charge on any atom is -0.316 e. The van der Waals surface area contributed by atoms with Gasteiger partial charge in [0.2, 0.25) is 0 Å². The van der Waals surface area contributed by atoms with Gasteiger partial charge < -0.3 is 5.32 Å². The molecule has 1 N–H and O–H groups in total. The van der Waals surface area contributed by atoms with E-state index in [0.29, 0.717) is 5.92 Å². The standard InChI is InChI=1S/C14H24N2S/c1-6-14(5,10-15-8-11(2)3)7-13-16-12(4)9-17-13/h6,9,11,15H,1,7-8,10H2,2-5H3. The summed E-state index contributed by atoms with van der Waals surface area (Å²) in [7, 11) is 0. The number of aryl methyl sites for hydroxylation is 1. The van der Waals surface area contributed by atoms with Gasteiger partial charge in [0.05, 0.1) is 5.01 Å². The number of nitrogens with zero attached hydrogens (tertiary/aromatic N) is 1. The molecule has 0 aliphatic carbocycles. The van der Waals surface area contributed by atoms with E-state index in [2.05, 4.69) is 49.1 Å². The monoisotopic (exact) mass is 252 g/mol. The van der Waals surface area contributed by atoms with Gasteiger partial charge in [-0.3, -0.25) is 0 Å². The number of aromatic nitrogens is 1. The van der Waals surface area contributed by atoms with E-state index in [0.717, 1.165) is 25.2 Å². The number of nitrogens with one attached hydrogen (secondary N) is 1. The van der Waals surface area contributed by atoms with Gasteiger partial charge in [-0.1, -0.05) is 26.8 Å². The van der Waals surface area contributed by atoms with Crippen LogP contribution in [0, 0.1) is 18.3 Å². The second-order valence-electron chi connectivity index (χ2n) is 5.44. The second-order valence-corrected chi connectivity index (χ2v) is 6.38. The Bertz CT molecular complexity index is 357. The van der Waals surface area contributed by atoms with Crippen LogP contribution >= 0.6 is 11.3 Å². The maximum atomic E-state index is 4.53. The molecule has 0 bridgehead atoms. The zero-order valence-corrected chi connectivity index (χ0v) is 12.2. The Balaban J connectivity index is 2.53. The van der Waals surface area contributed by atoms with Crippen molar-refractivity contribution in [3.05, 3.63) is 28.7 Å². The Morgan fingerprint density at radius 1 is 1.59 bits per heavy atom. The normalized spacial score (nSPS) is 14.9. The van der Waals surface area contributed by atoms with Crippen LogP contribution in [0.15, 0.2) is 18.0 Å². The largest absolute Gasteiger partial charge is 0.316 e. The zero-order valence-electron chi connectivity index (χ0n) is 11.4. The van der Waals surface area contributed by atoms with Crippen LogP contribution in [0.5, 0.6) is 0 Å². The molecule has 1 atom stereocenters. The van der Waals surface area contributed by atoms with Crippen molar-refractivity contribution in [3.8, 4) is 0 Å². The van der Waals surface area contributed by atoms with Gasteiger partial charge in [0.25, 0.3) is 0 Å². The molecule has 0 aliphatic rings. The van der Waals surface area contributed by atoms with Crippen molar-refractivity contribution in [1.82, 2.24) is 10.3 Å². The third kappa shape index (κ3) is 5.00. The molecule has 1 aromatic rings. The zero-order chi connectivity index (χ0) is 12.9. The van der Waals surface area contributed by atoms with Gasteiger partial charge >= 0.3 is 0 Å². The summed E-state index contributed by atoms with van der Waals surface area (Å²) in [5, 5.41) is 6.83. The van der Waals surface area contributed by atoms with Crippen molar-refractivity contribution in [2.75, 3.05) is 13.1 Å². The quantitative estimate of drug-likeness (QED) is 0.752. The predicted octanol–water partition coefficient (Wildman–Crippen LogP) is 3.43. The average molecular weight is 252 g/mol. The first-order valence-electron chi connectivity index (χ1n) is 6.20. The number of hydrogen-bond acceptors (Lipinski definition) is 3. The number of rotatable bonds is 7. The van der Waals surface area contributed by atoms with Crippen LogP contribution < -0.4 is 5.32 Å². The van der Waals surface area contributed by atoms with E-state index in [9.17, 15) is 0 Å². The van der Waals surface area contributed by atoms with E-state index < -0.39 is 0 Å². The lowest BCUT2D eigenvalue weighted by Crippen LogP contribution is -2.34. The Morgan fingerprint density at radius 2 is 2.29 bits per heavy atom. The molecule has 1 aromatic heterocycles. The molecule has 0 saturated heterocycles. The lowest BCUT2D eigenvalue weighted by molar-refractivity contribution is 0.377. The minimum absolute atomic E-state index is 0.0964. The Kier molecular flexibility index (Phi) is 5.34. The molecule has 0 aromatic carbocycles. The van der Waals surface area contributed by atoms with Gasteiger partial charge in [-0.15, -0.1) is 17.9 Å². The van der Waals surface area contributed by atoms with Crippen molar-refractivity contribution in [2.24, 2.45) is 11.3 Å². The van der Waals surface area contributed by atoms with Crippen LogP contribution in [-0.2, 0) is 6.42 Å². The first-order chi connectivity index (χ1) is 7.95. The summed E-state index contributed by atoms with van der Waals surface area (Å²) in [4.78, 5) is 4.53. The van der Waals surface area contributed by atoms with E-state index in [1.165, 1.54) is 5.01 Å². The summed E-state index contributed by atoms with van der Waals surface area (Å²) < 4.78 is 0. The molecule has 0 fully saturated rings. The van der Waals surface area contributed by atoms with E-state index in [4.69, 9.17) is 0 Å². The highest BCUT2D eigenvalue weighted by Gasteiger charge is 2.22. The fourth-order valence-corrected chi connectivity index (χ4v) is 2.65. The maximum absolute atomic E-state index is 4.53. The molecule has 0 aliphatic heterocycles. The first-order valence-corrected chi connectivity index (χ1v) is 7.08. The van der Waals surface area contributed by atoms with Crippen molar-refractivity contribution in [1.29, 1.82) is 0 Å². The Hall–Kier alpha value is -0.670. The summed E-state index contributed by atoms with van der Waals surface area (Å²) in [5.74, 6) is 0.686. The third-order valence-corrected chi connectivity index (χ3v) is 3.76. The van der Waals surface area contributed by atoms with Crippen LogP contribution in [0.25, 0.3) is 0 Å². The molecule has 1 heterocycles. The molecule has 17 heavy (non-hydrogen) atoms. The molecular formula is C14H24N2S. The second kappa shape index (κ2) is 6.31. The highest BCUT2D eigenvalue weighted by Crippen LogP contribution is 2.25. The summed E-state index contributed by atoms with van der Waals surface area (Å²) in [6.07, 6.45) is 3.02. The topological polar surface area (TPSA) is 24.9 Å². The first kappa shape index (κ1) is 14.4. The Labute approximate surface area is 109 Å². The minimum atomic E-state index is 0.0964. The van der Waals surface area contributed by atoms with Gasteiger partial charge in [0.15, 0.2) is 0 Å². The lowest BCUT2D eigenvalue weighted by atomic mass is 9.87. The molecule has 3 heteroatoms. The number of thiazole rings is 1. The summed E-state index contributed by atoms with van der Waals surface area (Å²) in [5.41, 5.74) is 1.21. The molecule has 2 nitrogen and oxygen atoms in total. The lowest BCUT2D eigenvalue weighted by Gasteiger charge is -2.25. The molecule has 0 spiro atoms. The van der Waals surface area contributed by atoms with E-state index in [1.54, 1.807) is 11.3 Å². The van der Waals surface area contributed by atoms with Gasteiger partial charge in [0, 0.05) is 29.5 Å². The number of hydrogen-bond donors (Lipinski definition) is 1. The predicted molar refractivity (Wildman–Crippen MR) is 76.6 cm³/mol. The third-order valence-electron chi connectivity index (χ3n) is 2.80. The summed E-state index contributed by atoms with van der Waals surface area (Å²) >= 11 is 1.74. The molecule has 0 saturated carbocycles. The van der Waals surface area contributed by atoms with Gasteiger partial charge in [-0.25, -0.2) is 4.98 Å². The maximum Gasteiger partial charge on any atom is 0.0937 e. The van der Waals surface area contributed by atoms with Crippen LogP contribution in [-0.4, -0.2) is 18.1 Å². The van der Waals surface area contributed by atoms with Crippen molar-refractivity contribution < 1.29 is 0 Å². The van der Waals surface area contributed by atoms with Crippen molar-refractivity contribution in [3.63, 3.8) is 0 Å². The smallest absolute Gasteiger partial charge is 0.0937 e. The van der Waals surface area contributed by atoms with Crippen molar-refractivity contribution >= 4 is 11.3 Å². The van der Waals surface area contributed by atoms with Gasteiger partial charge in [-0.05, 0) is 19.4 Å². The van der Waals surface area contributed by atoms with Gasteiger partial charge in [-0.2, -0.15) is 0 Å².